The van der Waals surface area contributed by atoms with Crippen LogP contribution in [0, 0.1) is 11.8 Å². The van der Waals surface area contributed by atoms with Crippen LogP contribution in [0.25, 0.3) is 0 Å². The van der Waals surface area contributed by atoms with Crippen LogP contribution in [0.3, 0.4) is 0 Å². The van der Waals surface area contributed by atoms with Crippen molar-refractivity contribution in [2.45, 2.75) is 79.1 Å². The smallest absolute Gasteiger partial charge is 0.196 e. The van der Waals surface area contributed by atoms with Crippen molar-refractivity contribution in [2.75, 3.05) is 0 Å². The molecule has 0 saturated carbocycles. The molecule has 0 spiro atoms. The number of hydrogen-bond acceptors (Lipinski definition) is 4. The lowest BCUT2D eigenvalue weighted by atomic mass is 9.95. The third-order valence-electron chi connectivity index (χ3n) is 4.32. The Morgan fingerprint density at radius 1 is 0.958 bits per heavy atom. The minimum Gasteiger partial charge on any atom is -0.448 e. The highest BCUT2D eigenvalue weighted by Gasteiger charge is 2.15. The number of hydrogen-bond donors (Lipinski definition) is 0. The van der Waals surface area contributed by atoms with Crippen LogP contribution in [0.15, 0.2) is 16.1 Å². The highest BCUT2D eigenvalue weighted by atomic mass is 32.1. The maximum Gasteiger partial charge on any atom is 0.196 e. The van der Waals surface area contributed by atoms with Crippen molar-refractivity contribution in [2.24, 2.45) is 11.8 Å². The van der Waals surface area contributed by atoms with E-state index in [0.717, 1.165) is 24.4 Å². The summed E-state index contributed by atoms with van der Waals surface area (Å²) in [6, 6.07) is 0. The van der Waals surface area contributed by atoms with Gasteiger partial charge in [0.1, 0.15) is 6.26 Å². The lowest BCUT2D eigenvalue weighted by molar-refractivity contribution is 0.466. The molecule has 0 fully saturated rings. The lowest BCUT2D eigenvalue weighted by Gasteiger charge is -2.13. The van der Waals surface area contributed by atoms with Crippen molar-refractivity contribution >= 4 is 11.3 Å². The number of thiazole rings is 1. The maximum absolute atomic E-state index is 5.54. The van der Waals surface area contributed by atoms with Crippen LogP contribution in [0.2, 0.25) is 0 Å². The van der Waals surface area contributed by atoms with Crippen molar-refractivity contribution in [3.8, 4) is 0 Å². The molecule has 0 aliphatic heterocycles. The summed E-state index contributed by atoms with van der Waals surface area (Å²) < 4.78 is 5.54. The second-order valence-corrected chi connectivity index (χ2v) is 8.78. The first-order valence-electron chi connectivity index (χ1n) is 9.23. The molecule has 0 N–H and O–H groups in total. The first-order chi connectivity index (χ1) is 11.3. The fourth-order valence-electron chi connectivity index (χ4n) is 2.86. The van der Waals surface area contributed by atoms with E-state index in [0.29, 0.717) is 23.7 Å². The summed E-state index contributed by atoms with van der Waals surface area (Å²) in [5.41, 5.74) is 2.35. The molecule has 24 heavy (non-hydrogen) atoms. The molecule has 0 aromatic carbocycles. The summed E-state index contributed by atoms with van der Waals surface area (Å²) in [4.78, 5) is 9.42. The zero-order valence-corrected chi connectivity index (χ0v) is 16.8. The molecular formula is C20H32N2OS. The predicted molar refractivity (Wildman–Crippen MR) is 102 cm³/mol. The quantitative estimate of drug-likeness (QED) is 0.540. The third kappa shape index (κ3) is 5.73. The Morgan fingerprint density at radius 2 is 1.71 bits per heavy atom. The molecule has 134 valence electrons. The van der Waals surface area contributed by atoms with Crippen LogP contribution in [-0.2, 0) is 12.8 Å². The average Bonchev–Trinajstić information content (AvgIpc) is 3.13. The van der Waals surface area contributed by atoms with Crippen LogP contribution in [-0.4, -0.2) is 9.97 Å². The summed E-state index contributed by atoms with van der Waals surface area (Å²) in [6.07, 6.45) is 6.30. The van der Waals surface area contributed by atoms with Gasteiger partial charge in [-0.25, -0.2) is 9.97 Å². The molecule has 0 amide bonds. The van der Waals surface area contributed by atoms with E-state index in [1.807, 2.05) is 17.6 Å². The Kier molecular flexibility index (Phi) is 7.02. The normalized spacial score (nSPS) is 14.5. The molecule has 2 unspecified atom stereocenters. The second-order valence-electron chi connectivity index (χ2n) is 7.89. The van der Waals surface area contributed by atoms with Gasteiger partial charge in [-0.3, -0.25) is 0 Å². The highest BCUT2D eigenvalue weighted by molar-refractivity contribution is 7.09. The molecule has 2 aromatic heterocycles. The first kappa shape index (κ1) is 19.2. The van der Waals surface area contributed by atoms with Crippen LogP contribution in [0.1, 0.15) is 88.5 Å². The van der Waals surface area contributed by atoms with E-state index >= 15 is 0 Å². The van der Waals surface area contributed by atoms with E-state index in [1.165, 1.54) is 23.5 Å². The van der Waals surface area contributed by atoms with E-state index in [4.69, 9.17) is 9.40 Å². The Bertz CT molecular complexity index is 615. The van der Waals surface area contributed by atoms with Crippen molar-refractivity contribution in [1.29, 1.82) is 0 Å². The van der Waals surface area contributed by atoms with Gasteiger partial charge < -0.3 is 4.42 Å². The minimum absolute atomic E-state index is 0.360. The van der Waals surface area contributed by atoms with E-state index in [1.54, 1.807) is 0 Å². The topological polar surface area (TPSA) is 38.9 Å². The Balaban J connectivity index is 1.79. The summed E-state index contributed by atoms with van der Waals surface area (Å²) in [7, 11) is 0. The Hall–Kier alpha value is -1.16. The maximum atomic E-state index is 5.54. The standard InChI is InChI=1S/C20H32N2OS/c1-13(2)9-18-12-24-20(22-18)16(6)8-7-15(5)10-17-11-23-19(21-17)14(3)4/h11-16H,7-10H2,1-6H3. The second kappa shape index (κ2) is 8.80. The van der Waals surface area contributed by atoms with Gasteiger partial charge in [0.25, 0.3) is 0 Å². The highest BCUT2D eigenvalue weighted by Crippen LogP contribution is 2.27. The first-order valence-corrected chi connectivity index (χ1v) is 10.1. The summed E-state index contributed by atoms with van der Waals surface area (Å²) in [5.74, 6) is 3.05. The van der Waals surface area contributed by atoms with Gasteiger partial charge in [-0.1, -0.05) is 41.5 Å². The van der Waals surface area contributed by atoms with Crippen molar-refractivity contribution in [3.05, 3.63) is 33.9 Å². The lowest BCUT2D eigenvalue weighted by Crippen LogP contribution is -2.04. The summed E-state index contributed by atoms with van der Waals surface area (Å²) in [6.45, 7) is 13.3. The van der Waals surface area contributed by atoms with Crippen LogP contribution < -0.4 is 0 Å². The summed E-state index contributed by atoms with van der Waals surface area (Å²) in [5, 5.41) is 3.53. The summed E-state index contributed by atoms with van der Waals surface area (Å²) >= 11 is 1.82. The fourth-order valence-corrected chi connectivity index (χ4v) is 3.79. The number of rotatable bonds is 9. The molecule has 0 aliphatic carbocycles. The Labute approximate surface area is 150 Å². The van der Waals surface area contributed by atoms with Gasteiger partial charge in [0.15, 0.2) is 5.89 Å². The van der Waals surface area contributed by atoms with Gasteiger partial charge in [-0.15, -0.1) is 11.3 Å². The molecule has 3 nitrogen and oxygen atoms in total. The molecule has 0 aliphatic rings. The zero-order chi connectivity index (χ0) is 17.7. The molecular weight excluding hydrogens is 316 g/mol. The van der Waals surface area contributed by atoms with Gasteiger partial charge >= 0.3 is 0 Å². The van der Waals surface area contributed by atoms with Gasteiger partial charge in [-0.2, -0.15) is 0 Å². The molecule has 2 heterocycles. The largest absolute Gasteiger partial charge is 0.448 e. The van der Waals surface area contributed by atoms with Gasteiger partial charge in [0.05, 0.1) is 16.4 Å². The van der Waals surface area contributed by atoms with Crippen molar-refractivity contribution < 1.29 is 4.42 Å². The number of oxazole rings is 1. The monoisotopic (exact) mass is 348 g/mol. The fraction of sp³-hybridized carbons (Fsp3) is 0.700. The van der Waals surface area contributed by atoms with Crippen molar-refractivity contribution in [3.63, 3.8) is 0 Å². The van der Waals surface area contributed by atoms with E-state index in [-0.39, 0.29) is 0 Å². The van der Waals surface area contributed by atoms with E-state index in [2.05, 4.69) is 51.9 Å². The van der Waals surface area contributed by atoms with Gasteiger partial charge in [-0.05, 0) is 37.5 Å². The number of nitrogens with zero attached hydrogens (tertiary/aromatic N) is 2. The van der Waals surface area contributed by atoms with Crippen LogP contribution >= 0.6 is 11.3 Å². The predicted octanol–water partition coefficient (Wildman–Crippen LogP) is 6.22. The zero-order valence-electron chi connectivity index (χ0n) is 16.0. The average molecular weight is 349 g/mol. The molecule has 2 aromatic rings. The minimum atomic E-state index is 0.360. The SMILES string of the molecule is CC(C)Cc1csc(C(C)CCC(C)Cc2coc(C(C)C)n2)n1. The van der Waals surface area contributed by atoms with Gasteiger partial charge in [0.2, 0.25) is 0 Å². The molecule has 0 radical (unpaired) electrons. The van der Waals surface area contributed by atoms with E-state index < -0.39 is 0 Å². The molecule has 2 rings (SSSR count). The third-order valence-corrected chi connectivity index (χ3v) is 5.45. The van der Waals surface area contributed by atoms with Crippen LogP contribution in [0.5, 0.6) is 0 Å². The van der Waals surface area contributed by atoms with Crippen molar-refractivity contribution in [1.82, 2.24) is 9.97 Å². The molecule has 4 heteroatoms. The molecule has 0 saturated heterocycles. The van der Waals surface area contributed by atoms with Crippen LogP contribution in [0.4, 0.5) is 0 Å². The molecule has 2 atom stereocenters. The van der Waals surface area contributed by atoms with Gasteiger partial charge in [0, 0.05) is 17.2 Å². The number of aromatic nitrogens is 2. The molecule has 0 bridgehead atoms. The van der Waals surface area contributed by atoms with E-state index in [9.17, 15) is 0 Å². The Morgan fingerprint density at radius 3 is 2.33 bits per heavy atom.